The third-order valence-electron chi connectivity index (χ3n) is 4.18. The lowest BCUT2D eigenvalue weighted by molar-refractivity contribution is 0.0905. The fourth-order valence-electron chi connectivity index (χ4n) is 2.86. The second kappa shape index (κ2) is 8.98. The molecule has 1 atom stereocenters. The number of carbonyl (C=O) groups excluding carboxylic acids is 1. The van der Waals surface area contributed by atoms with Crippen LogP contribution in [-0.4, -0.2) is 51.5 Å². The van der Waals surface area contributed by atoms with Crippen LogP contribution in [0.1, 0.15) is 43.0 Å². The number of hydrogen-bond acceptors (Lipinski definition) is 4. The van der Waals surface area contributed by atoms with E-state index >= 15 is 0 Å². The first-order valence-corrected chi connectivity index (χ1v) is 10.3. The molecule has 0 unspecified atom stereocenters. The molecule has 0 spiro atoms. The fourth-order valence-corrected chi connectivity index (χ4v) is 4.61. The maximum atomic E-state index is 12.9. The van der Waals surface area contributed by atoms with Gasteiger partial charge < -0.3 is 10.1 Å². The average Bonchev–Trinajstić information content (AvgIpc) is 2.85. The summed E-state index contributed by atoms with van der Waals surface area (Å²) in [5, 5.41) is 2.97. The summed E-state index contributed by atoms with van der Waals surface area (Å²) in [5.74, 6) is -0.414. The van der Waals surface area contributed by atoms with Gasteiger partial charge in [-0.15, -0.1) is 0 Å². The smallest absolute Gasteiger partial charge is 0.253 e. The van der Waals surface area contributed by atoms with Crippen molar-refractivity contribution in [3.8, 4) is 0 Å². The fraction of sp³-hybridized carbons (Fsp3) is 0.588. The Hall–Kier alpha value is -1.15. The van der Waals surface area contributed by atoms with Crippen LogP contribution in [0.2, 0.25) is 5.02 Å². The van der Waals surface area contributed by atoms with Gasteiger partial charge in [0.05, 0.1) is 22.1 Å². The summed E-state index contributed by atoms with van der Waals surface area (Å²) >= 11 is 6.11. The molecule has 0 aromatic heterocycles. The van der Waals surface area contributed by atoms with Gasteiger partial charge in [-0.25, -0.2) is 8.42 Å². The zero-order chi connectivity index (χ0) is 18.4. The molecule has 0 radical (unpaired) electrons. The first-order chi connectivity index (χ1) is 11.9. The van der Waals surface area contributed by atoms with E-state index in [2.05, 4.69) is 5.32 Å². The Bertz CT molecular complexity index is 701. The summed E-state index contributed by atoms with van der Waals surface area (Å²) in [6.45, 7) is 3.18. The second-order valence-electron chi connectivity index (χ2n) is 6.29. The summed E-state index contributed by atoms with van der Waals surface area (Å²) in [6.07, 6.45) is 3.79. The number of benzene rings is 1. The van der Waals surface area contributed by atoms with Gasteiger partial charge in [0.1, 0.15) is 0 Å². The highest BCUT2D eigenvalue weighted by atomic mass is 35.5. The van der Waals surface area contributed by atoms with E-state index in [4.69, 9.17) is 16.3 Å². The molecule has 0 saturated carbocycles. The highest BCUT2D eigenvalue weighted by Crippen LogP contribution is 2.25. The molecular formula is C17H25ClN2O4S. The summed E-state index contributed by atoms with van der Waals surface area (Å²) in [4.78, 5) is 12.5. The standard InChI is InChI=1S/C17H25ClN2O4S/c1-13(12-24-2)19-17(21)15-11-14(7-8-16(15)18)25(22,23)20-9-5-3-4-6-10-20/h7-8,11,13H,3-6,9-10,12H2,1-2H3,(H,19,21)/t13-/m1/s1. The van der Waals surface area contributed by atoms with E-state index in [0.29, 0.717) is 19.7 Å². The van der Waals surface area contributed by atoms with Gasteiger partial charge in [0, 0.05) is 26.2 Å². The minimum Gasteiger partial charge on any atom is -0.383 e. The van der Waals surface area contributed by atoms with Crippen LogP contribution in [0.25, 0.3) is 0 Å². The maximum Gasteiger partial charge on any atom is 0.253 e. The van der Waals surface area contributed by atoms with E-state index < -0.39 is 15.9 Å². The number of carbonyl (C=O) groups is 1. The van der Waals surface area contributed by atoms with Crippen LogP contribution >= 0.6 is 11.6 Å². The van der Waals surface area contributed by atoms with Crippen LogP contribution in [-0.2, 0) is 14.8 Å². The van der Waals surface area contributed by atoms with Crippen molar-refractivity contribution in [3.05, 3.63) is 28.8 Å². The minimum atomic E-state index is -3.63. The predicted molar refractivity (Wildman–Crippen MR) is 97.5 cm³/mol. The van der Waals surface area contributed by atoms with Gasteiger partial charge in [0.25, 0.3) is 5.91 Å². The van der Waals surface area contributed by atoms with Crippen molar-refractivity contribution < 1.29 is 17.9 Å². The molecule has 1 aromatic carbocycles. The lowest BCUT2D eigenvalue weighted by Gasteiger charge is -2.20. The van der Waals surface area contributed by atoms with Crippen molar-refractivity contribution in [2.75, 3.05) is 26.8 Å². The van der Waals surface area contributed by atoms with E-state index in [1.807, 2.05) is 0 Å². The van der Waals surface area contributed by atoms with E-state index in [9.17, 15) is 13.2 Å². The van der Waals surface area contributed by atoms with Crippen LogP contribution in [0.4, 0.5) is 0 Å². The zero-order valence-electron chi connectivity index (χ0n) is 14.6. The number of nitrogens with one attached hydrogen (secondary N) is 1. The number of nitrogens with zero attached hydrogens (tertiary/aromatic N) is 1. The number of halogens is 1. The van der Waals surface area contributed by atoms with Gasteiger partial charge in [0.15, 0.2) is 0 Å². The number of rotatable bonds is 6. The average molecular weight is 389 g/mol. The monoisotopic (exact) mass is 388 g/mol. The molecule has 6 nitrogen and oxygen atoms in total. The van der Waals surface area contributed by atoms with E-state index in [1.165, 1.54) is 22.5 Å². The summed E-state index contributed by atoms with van der Waals surface area (Å²) in [5.41, 5.74) is 0.153. The summed E-state index contributed by atoms with van der Waals surface area (Å²) in [7, 11) is -2.08. The van der Waals surface area contributed by atoms with Crippen LogP contribution in [0, 0.1) is 0 Å². The molecule has 8 heteroatoms. The molecule has 1 aliphatic rings. The number of hydrogen-bond donors (Lipinski definition) is 1. The Morgan fingerprint density at radius 3 is 2.52 bits per heavy atom. The highest BCUT2D eigenvalue weighted by Gasteiger charge is 2.26. The molecule has 140 valence electrons. The number of amides is 1. The molecule has 1 aliphatic heterocycles. The molecule has 1 saturated heterocycles. The predicted octanol–water partition coefficient (Wildman–Crippen LogP) is 2.67. The van der Waals surface area contributed by atoms with Crippen molar-refractivity contribution >= 4 is 27.5 Å². The quantitative estimate of drug-likeness (QED) is 0.812. The van der Waals surface area contributed by atoms with Crippen molar-refractivity contribution in [1.82, 2.24) is 9.62 Å². The minimum absolute atomic E-state index is 0.100. The Morgan fingerprint density at radius 2 is 1.92 bits per heavy atom. The first-order valence-electron chi connectivity index (χ1n) is 8.45. The first kappa shape index (κ1) is 20.2. The normalized spacial score (nSPS) is 17.7. The van der Waals surface area contributed by atoms with E-state index in [0.717, 1.165) is 25.7 Å². The molecule has 1 fully saturated rings. The number of methoxy groups -OCH3 is 1. The van der Waals surface area contributed by atoms with E-state index in [-0.39, 0.29) is 21.5 Å². The van der Waals surface area contributed by atoms with Gasteiger partial charge in [-0.05, 0) is 38.0 Å². The molecule has 2 rings (SSSR count). The maximum absolute atomic E-state index is 12.9. The third kappa shape index (κ3) is 5.17. The Kier molecular flexibility index (Phi) is 7.25. The molecule has 1 aromatic rings. The molecule has 0 bridgehead atoms. The molecule has 1 amide bonds. The molecule has 25 heavy (non-hydrogen) atoms. The summed E-state index contributed by atoms with van der Waals surface area (Å²) < 4.78 is 32.3. The van der Waals surface area contributed by atoms with Gasteiger partial charge in [-0.2, -0.15) is 4.31 Å². The van der Waals surface area contributed by atoms with Crippen molar-refractivity contribution in [1.29, 1.82) is 0 Å². The van der Waals surface area contributed by atoms with Crippen molar-refractivity contribution in [3.63, 3.8) is 0 Å². The van der Waals surface area contributed by atoms with Crippen molar-refractivity contribution in [2.45, 2.75) is 43.5 Å². The SMILES string of the molecule is COC[C@@H](C)NC(=O)c1cc(S(=O)(=O)N2CCCCCC2)ccc1Cl. The van der Waals surface area contributed by atoms with E-state index in [1.54, 1.807) is 14.0 Å². The Labute approximate surface area is 154 Å². The lowest BCUT2D eigenvalue weighted by Crippen LogP contribution is -2.36. The zero-order valence-corrected chi connectivity index (χ0v) is 16.2. The molecular weight excluding hydrogens is 364 g/mol. The summed E-state index contributed by atoms with van der Waals surface area (Å²) in [6, 6.07) is 4.07. The lowest BCUT2D eigenvalue weighted by atomic mass is 10.2. The van der Waals surface area contributed by atoms with Gasteiger partial charge in [0.2, 0.25) is 10.0 Å². The van der Waals surface area contributed by atoms with Crippen LogP contribution in [0.5, 0.6) is 0 Å². The molecule has 1 N–H and O–H groups in total. The van der Waals surface area contributed by atoms with Crippen molar-refractivity contribution in [2.24, 2.45) is 0 Å². The second-order valence-corrected chi connectivity index (χ2v) is 8.63. The Morgan fingerprint density at radius 1 is 1.28 bits per heavy atom. The number of sulfonamides is 1. The number of ether oxygens (including phenoxy) is 1. The van der Waals surface area contributed by atoms with Crippen LogP contribution in [0.15, 0.2) is 23.1 Å². The largest absolute Gasteiger partial charge is 0.383 e. The third-order valence-corrected chi connectivity index (χ3v) is 6.40. The van der Waals surface area contributed by atoms with Crippen LogP contribution < -0.4 is 5.32 Å². The highest BCUT2D eigenvalue weighted by molar-refractivity contribution is 7.89. The molecule has 0 aliphatic carbocycles. The van der Waals surface area contributed by atoms with Gasteiger partial charge in [-0.3, -0.25) is 4.79 Å². The Balaban J connectivity index is 2.26. The topological polar surface area (TPSA) is 75.7 Å². The van der Waals surface area contributed by atoms with Crippen LogP contribution in [0.3, 0.4) is 0 Å². The van der Waals surface area contributed by atoms with Gasteiger partial charge in [-0.1, -0.05) is 24.4 Å². The van der Waals surface area contributed by atoms with Gasteiger partial charge >= 0.3 is 0 Å². The molecule has 1 heterocycles.